The molecule has 0 aromatic heterocycles. The summed E-state index contributed by atoms with van der Waals surface area (Å²) >= 11 is 0. The van der Waals surface area contributed by atoms with Crippen molar-refractivity contribution in [3.63, 3.8) is 0 Å². The van der Waals surface area contributed by atoms with E-state index in [0.717, 1.165) is 67.2 Å². The molecule has 306 valence electrons. The number of nitrogens with one attached hydrogen (secondary N) is 2. The Morgan fingerprint density at radius 1 is 0.375 bits per heavy atom. The Kier molecular flexibility index (Phi) is 10.2. The van der Waals surface area contributed by atoms with Gasteiger partial charge in [0.1, 0.15) is 18.2 Å². The van der Waals surface area contributed by atoms with Crippen LogP contribution in [0.4, 0.5) is 17.1 Å². The van der Waals surface area contributed by atoms with Crippen LogP contribution in [0.2, 0.25) is 0 Å². The van der Waals surface area contributed by atoms with Crippen molar-refractivity contribution in [2.75, 3.05) is 10.2 Å². The highest BCUT2D eigenvalue weighted by Crippen LogP contribution is 2.45. The fraction of sp³-hybridized carbons (Fsp3) is 0.0508. The molecule has 5 heteroatoms. The maximum atomic E-state index is 5.30. The average Bonchev–Trinajstić information content (AvgIpc) is 3.72. The lowest BCUT2D eigenvalue weighted by Gasteiger charge is -2.27. The molecular formula is C59H45N5. The van der Waals surface area contributed by atoms with Crippen molar-refractivity contribution < 1.29 is 0 Å². The smallest absolute Gasteiger partial charge is 0.159 e. The van der Waals surface area contributed by atoms with Gasteiger partial charge in [0.15, 0.2) is 5.84 Å². The topological polar surface area (TPSA) is 52.0 Å². The molecule has 11 rings (SSSR count). The van der Waals surface area contributed by atoms with Crippen LogP contribution in [-0.2, 0) is 0 Å². The highest BCUT2D eigenvalue weighted by atomic mass is 15.3. The number of hydrogen-bond acceptors (Lipinski definition) is 5. The Labute approximate surface area is 374 Å². The van der Waals surface area contributed by atoms with Crippen molar-refractivity contribution >= 4 is 28.7 Å². The maximum absolute atomic E-state index is 5.30. The summed E-state index contributed by atoms with van der Waals surface area (Å²) in [6.07, 6.45) is -0.243. The first-order chi connectivity index (χ1) is 31.6. The lowest BCUT2D eigenvalue weighted by Crippen LogP contribution is -2.33. The second-order valence-electron chi connectivity index (χ2n) is 16.3. The number of hydrogen-bond donors (Lipinski definition) is 2. The average molecular weight is 824 g/mol. The molecule has 0 saturated carbocycles. The fourth-order valence-corrected chi connectivity index (χ4v) is 9.10. The summed E-state index contributed by atoms with van der Waals surface area (Å²) in [5.74, 6) is 1.48. The van der Waals surface area contributed by atoms with Gasteiger partial charge < -0.3 is 15.5 Å². The van der Waals surface area contributed by atoms with Gasteiger partial charge in [0, 0.05) is 16.7 Å². The highest BCUT2D eigenvalue weighted by Gasteiger charge is 2.28. The Balaban J connectivity index is 0.926. The third kappa shape index (κ3) is 7.54. The van der Waals surface area contributed by atoms with Gasteiger partial charge >= 0.3 is 0 Å². The van der Waals surface area contributed by atoms with Crippen molar-refractivity contribution in [1.82, 2.24) is 5.32 Å². The van der Waals surface area contributed by atoms with Crippen molar-refractivity contribution in [3.8, 4) is 55.6 Å². The third-order valence-electron chi connectivity index (χ3n) is 12.2. The zero-order valence-electron chi connectivity index (χ0n) is 35.4. The van der Waals surface area contributed by atoms with Crippen LogP contribution >= 0.6 is 0 Å². The molecule has 0 radical (unpaired) electrons. The minimum absolute atomic E-state index is 0.123. The number of fused-ring (bicyclic) bond motifs is 1. The number of amidine groups is 2. The number of anilines is 3. The fourth-order valence-electron chi connectivity index (χ4n) is 9.10. The predicted octanol–water partition coefficient (Wildman–Crippen LogP) is 14.4. The first-order valence-corrected chi connectivity index (χ1v) is 21.9. The Morgan fingerprint density at radius 2 is 0.875 bits per heavy atom. The highest BCUT2D eigenvalue weighted by molar-refractivity contribution is 6.13. The van der Waals surface area contributed by atoms with Gasteiger partial charge in [-0.25, -0.2) is 9.98 Å². The zero-order valence-corrected chi connectivity index (χ0v) is 35.4. The molecule has 2 unspecified atom stereocenters. The van der Waals surface area contributed by atoms with E-state index in [0.29, 0.717) is 5.84 Å². The second-order valence-corrected chi connectivity index (χ2v) is 16.3. The first-order valence-electron chi connectivity index (χ1n) is 21.9. The molecule has 0 spiro atoms. The number of benzene rings is 9. The first kappa shape index (κ1) is 38.6. The molecule has 0 bridgehead atoms. The van der Waals surface area contributed by atoms with Crippen LogP contribution in [0.5, 0.6) is 0 Å². The summed E-state index contributed by atoms with van der Waals surface area (Å²) in [5.41, 5.74) is 18.1. The Morgan fingerprint density at radius 3 is 1.59 bits per heavy atom. The van der Waals surface area contributed by atoms with E-state index >= 15 is 0 Å². The van der Waals surface area contributed by atoms with Gasteiger partial charge in [0.2, 0.25) is 0 Å². The van der Waals surface area contributed by atoms with E-state index in [-0.39, 0.29) is 12.3 Å². The van der Waals surface area contributed by atoms with Gasteiger partial charge in [-0.3, -0.25) is 0 Å². The monoisotopic (exact) mass is 823 g/mol. The lowest BCUT2D eigenvalue weighted by atomic mass is 9.92. The molecule has 2 aliphatic heterocycles. The van der Waals surface area contributed by atoms with Gasteiger partial charge in [0.05, 0.1) is 17.1 Å². The lowest BCUT2D eigenvalue weighted by molar-refractivity contribution is 0.674. The van der Waals surface area contributed by atoms with Crippen LogP contribution in [0.15, 0.2) is 241 Å². The summed E-state index contributed by atoms with van der Waals surface area (Å²) in [5, 5.41) is 7.39. The summed E-state index contributed by atoms with van der Waals surface area (Å²) in [7, 11) is 0. The quantitative estimate of drug-likeness (QED) is 0.152. The summed E-state index contributed by atoms with van der Waals surface area (Å²) in [6.45, 7) is 2.22. The predicted molar refractivity (Wildman–Crippen MR) is 267 cm³/mol. The molecule has 64 heavy (non-hydrogen) atoms. The maximum Gasteiger partial charge on any atom is 0.159 e. The molecule has 2 N–H and O–H groups in total. The van der Waals surface area contributed by atoms with E-state index in [2.05, 4.69) is 241 Å². The third-order valence-corrected chi connectivity index (χ3v) is 12.2. The summed E-state index contributed by atoms with van der Waals surface area (Å²) in [6, 6.07) is 81.8. The van der Waals surface area contributed by atoms with Gasteiger partial charge in [-0.15, -0.1) is 0 Å². The van der Waals surface area contributed by atoms with Crippen LogP contribution in [0.3, 0.4) is 0 Å². The Hall–Kier alpha value is -8.28. The number of nitrogens with zero attached hydrogens (tertiary/aromatic N) is 3. The molecule has 0 amide bonds. The Bertz CT molecular complexity index is 3190. The van der Waals surface area contributed by atoms with Crippen LogP contribution in [0.25, 0.3) is 55.6 Å². The van der Waals surface area contributed by atoms with Crippen LogP contribution in [-0.4, -0.2) is 17.8 Å². The summed E-state index contributed by atoms with van der Waals surface area (Å²) < 4.78 is 0. The molecule has 0 aliphatic carbocycles. The van der Waals surface area contributed by atoms with Crippen molar-refractivity contribution in [2.24, 2.45) is 9.98 Å². The molecule has 0 fully saturated rings. The minimum atomic E-state index is -0.366. The van der Waals surface area contributed by atoms with Gasteiger partial charge in [-0.2, -0.15) is 0 Å². The minimum Gasteiger partial charge on any atom is -0.363 e. The molecule has 5 nitrogen and oxygen atoms in total. The van der Waals surface area contributed by atoms with Gasteiger partial charge in [-0.05, 0) is 99.0 Å². The summed E-state index contributed by atoms with van der Waals surface area (Å²) in [4.78, 5) is 12.9. The van der Waals surface area contributed by atoms with Crippen LogP contribution in [0, 0.1) is 0 Å². The molecule has 9 aromatic carbocycles. The SMILES string of the molecule is CC1Nc2ccccc2N1c1ccccc1-c1ccccc1-c1ccc(-c2cccc(C3N=C(c4cccc(-c5ccccc5)c4)N=C(c4cccc(-c5ccccc5)c4)N3)c2)cc1. The molecule has 0 saturated heterocycles. The second kappa shape index (κ2) is 16.9. The van der Waals surface area contributed by atoms with E-state index in [1.54, 1.807) is 0 Å². The van der Waals surface area contributed by atoms with Gasteiger partial charge in [-0.1, -0.05) is 194 Å². The van der Waals surface area contributed by atoms with E-state index in [1.165, 1.54) is 28.1 Å². The molecule has 2 heterocycles. The zero-order chi connectivity index (χ0) is 42.8. The van der Waals surface area contributed by atoms with E-state index < -0.39 is 0 Å². The normalized spacial score (nSPS) is 15.4. The number of para-hydroxylation sites is 3. The number of rotatable bonds is 9. The van der Waals surface area contributed by atoms with Crippen LogP contribution in [0.1, 0.15) is 29.8 Å². The molecular weight excluding hydrogens is 779 g/mol. The van der Waals surface area contributed by atoms with Crippen molar-refractivity contribution in [1.29, 1.82) is 0 Å². The standard InChI is InChI=1S/C59H45N5/c1-40-60-54-30-11-13-32-56(54)64(40)55-31-12-10-29-53(55)52-28-9-8-27-51(52)44-35-33-43(34-36-44)47-23-16-26-50(39-47)59-62-57(48-24-14-21-45(37-48)41-17-4-2-5-18-41)61-58(63-59)49-25-15-22-46(38-49)42-19-6-3-7-20-42/h2-40,59-60H,1H3,(H,61,62,63). The van der Waals surface area contributed by atoms with Crippen molar-refractivity contribution in [2.45, 2.75) is 19.3 Å². The largest absolute Gasteiger partial charge is 0.363 e. The molecule has 2 aliphatic rings. The van der Waals surface area contributed by atoms with E-state index in [4.69, 9.17) is 9.98 Å². The number of aliphatic imine (C=N–C) groups is 2. The van der Waals surface area contributed by atoms with Gasteiger partial charge in [0.25, 0.3) is 0 Å². The molecule has 9 aromatic rings. The van der Waals surface area contributed by atoms with Crippen LogP contribution < -0.4 is 15.5 Å². The molecule has 2 atom stereocenters. The van der Waals surface area contributed by atoms with E-state index in [1.807, 2.05) is 12.1 Å². The van der Waals surface area contributed by atoms with E-state index in [9.17, 15) is 0 Å². The van der Waals surface area contributed by atoms with Crippen molar-refractivity contribution in [3.05, 3.63) is 247 Å².